The van der Waals surface area contributed by atoms with E-state index in [1.165, 1.54) is 0 Å². The van der Waals surface area contributed by atoms with Gasteiger partial charge in [-0.05, 0) is 25.8 Å². The third-order valence-electron chi connectivity index (χ3n) is 6.37. The molecule has 1 saturated heterocycles. The van der Waals surface area contributed by atoms with E-state index in [-0.39, 0.29) is 54.9 Å². The average Bonchev–Trinajstić information content (AvgIpc) is 2.86. The number of aliphatic hydroxyl groups excluding tert-OH is 1. The molecule has 2 aliphatic rings. The van der Waals surface area contributed by atoms with Gasteiger partial charge in [0.1, 0.15) is 18.3 Å². The van der Waals surface area contributed by atoms with Crippen molar-refractivity contribution in [3.05, 3.63) is 23.4 Å². The lowest BCUT2D eigenvalue weighted by Crippen LogP contribution is -2.51. The highest BCUT2D eigenvalue weighted by Gasteiger charge is 2.35. The van der Waals surface area contributed by atoms with E-state index in [0.29, 0.717) is 37.4 Å². The largest absolute Gasteiger partial charge is 0.472 e. The van der Waals surface area contributed by atoms with Crippen molar-refractivity contribution >= 4 is 11.8 Å². The van der Waals surface area contributed by atoms with Crippen LogP contribution < -0.4 is 4.74 Å². The number of nitrogens with zero attached hydrogens (tertiary/aromatic N) is 3. The van der Waals surface area contributed by atoms with Gasteiger partial charge in [0.05, 0.1) is 19.2 Å². The standard InChI is InChI=1S/C25H35N3O6/c1-17-14-28(18(2)16-29)25(31)21-12-19(6-5-9-32-4)13-26-23(21)34-22(17)15-27(3)24(30)20-7-10-33-11-8-20/h12-13,17-18,20,22,29H,7-11,14-16H2,1-4H3/t17-,18+,22-/m1/s1. The maximum absolute atomic E-state index is 13.4. The van der Waals surface area contributed by atoms with Crippen LogP contribution in [0.3, 0.4) is 0 Å². The van der Waals surface area contributed by atoms with Gasteiger partial charge in [0.2, 0.25) is 11.8 Å². The Bertz CT molecular complexity index is 921. The number of hydrogen-bond donors (Lipinski definition) is 1. The molecule has 1 aromatic heterocycles. The van der Waals surface area contributed by atoms with Crippen molar-refractivity contribution in [2.24, 2.45) is 11.8 Å². The van der Waals surface area contributed by atoms with Crippen molar-refractivity contribution < 1.29 is 28.9 Å². The summed E-state index contributed by atoms with van der Waals surface area (Å²) in [6, 6.07) is 1.28. The number of methoxy groups -OCH3 is 1. The minimum Gasteiger partial charge on any atom is -0.472 e. The highest BCUT2D eigenvalue weighted by atomic mass is 16.5. The molecule has 3 atom stereocenters. The Morgan fingerprint density at radius 2 is 2.15 bits per heavy atom. The van der Waals surface area contributed by atoms with Crippen LogP contribution in [0.1, 0.15) is 42.6 Å². The SMILES string of the molecule is COCC#Cc1cnc2c(c1)C(=O)N([C@@H](C)CO)C[C@@H](C)[C@@H](CN(C)C(=O)C1CCOCC1)O2. The van der Waals surface area contributed by atoms with Gasteiger partial charge < -0.3 is 29.1 Å². The van der Waals surface area contributed by atoms with E-state index in [1.807, 2.05) is 6.92 Å². The van der Waals surface area contributed by atoms with Gasteiger partial charge in [-0.2, -0.15) is 0 Å². The van der Waals surface area contributed by atoms with Gasteiger partial charge in [-0.3, -0.25) is 9.59 Å². The highest BCUT2D eigenvalue weighted by Crippen LogP contribution is 2.28. The number of aromatic nitrogens is 1. The summed E-state index contributed by atoms with van der Waals surface area (Å²) >= 11 is 0. The van der Waals surface area contributed by atoms with Crippen LogP contribution in [0.2, 0.25) is 0 Å². The predicted molar refractivity (Wildman–Crippen MR) is 125 cm³/mol. The fourth-order valence-corrected chi connectivity index (χ4v) is 4.21. The number of rotatable bonds is 6. The lowest BCUT2D eigenvalue weighted by atomic mass is 9.97. The molecule has 0 bridgehead atoms. The van der Waals surface area contributed by atoms with Gasteiger partial charge in [0.15, 0.2) is 0 Å². The molecule has 2 amide bonds. The maximum Gasteiger partial charge on any atom is 0.259 e. The second kappa shape index (κ2) is 12.2. The van der Waals surface area contributed by atoms with Gasteiger partial charge in [-0.25, -0.2) is 4.98 Å². The fourth-order valence-electron chi connectivity index (χ4n) is 4.21. The molecule has 1 N–H and O–H groups in total. The Labute approximate surface area is 201 Å². The zero-order valence-corrected chi connectivity index (χ0v) is 20.5. The van der Waals surface area contributed by atoms with Gasteiger partial charge in [0, 0.05) is 57.5 Å². The van der Waals surface area contributed by atoms with Crippen molar-refractivity contribution in [3.63, 3.8) is 0 Å². The third kappa shape index (κ3) is 6.26. The summed E-state index contributed by atoms with van der Waals surface area (Å²) in [4.78, 5) is 34.2. The molecule has 0 aromatic carbocycles. The maximum atomic E-state index is 13.4. The summed E-state index contributed by atoms with van der Waals surface area (Å²) in [5.74, 6) is 5.67. The molecule has 2 aliphatic heterocycles. The van der Waals surface area contributed by atoms with E-state index in [1.54, 1.807) is 43.1 Å². The molecule has 0 unspecified atom stereocenters. The Morgan fingerprint density at radius 3 is 2.82 bits per heavy atom. The molecule has 9 heteroatoms. The smallest absolute Gasteiger partial charge is 0.259 e. The Balaban J connectivity index is 1.88. The molecule has 34 heavy (non-hydrogen) atoms. The number of likely N-dealkylation sites (N-methyl/N-ethyl adjacent to an activating group) is 1. The minimum atomic E-state index is -0.383. The Kier molecular flexibility index (Phi) is 9.28. The van der Waals surface area contributed by atoms with Crippen LogP contribution in [0.4, 0.5) is 0 Å². The second-order valence-corrected chi connectivity index (χ2v) is 9.04. The van der Waals surface area contributed by atoms with Gasteiger partial charge in [-0.15, -0.1) is 0 Å². The molecular weight excluding hydrogens is 438 g/mol. The van der Waals surface area contributed by atoms with Crippen molar-refractivity contribution in [2.75, 3.05) is 53.7 Å². The quantitative estimate of drug-likeness (QED) is 0.619. The third-order valence-corrected chi connectivity index (χ3v) is 6.37. The molecule has 0 spiro atoms. The van der Waals surface area contributed by atoms with Crippen LogP contribution >= 0.6 is 0 Å². The van der Waals surface area contributed by atoms with Crippen molar-refractivity contribution in [2.45, 2.75) is 38.8 Å². The number of amides is 2. The summed E-state index contributed by atoms with van der Waals surface area (Å²) in [5.41, 5.74) is 0.862. The van der Waals surface area contributed by atoms with Gasteiger partial charge in [-0.1, -0.05) is 18.8 Å². The zero-order valence-electron chi connectivity index (χ0n) is 20.5. The first-order valence-electron chi connectivity index (χ1n) is 11.7. The summed E-state index contributed by atoms with van der Waals surface area (Å²) < 4.78 is 16.6. The van der Waals surface area contributed by atoms with E-state index in [9.17, 15) is 14.7 Å². The van der Waals surface area contributed by atoms with Gasteiger partial charge in [0.25, 0.3) is 5.91 Å². The Morgan fingerprint density at radius 1 is 1.41 bits per heavy atom. The summed E-state index contributed by atoms with van der Waals surface area (Å²) in [6.45, 7) is 5.83. The Hall–Kier alpha value is -2.67. The molecule has 0 saturated carbocycles. The number of carbonyl (C=O) groups excluding carboxylic acids is 2. The predicted octanol–water partition coefficient (Wildman–Crippen LogP) is 1.18. The number of aliphatic hydroxyl groups is 1. The molecule has 0 aliphatic carbocycles. The second-order valence-electron chi connectivity index (χ2n) is 9.04. The number of hydrogen-bond acceptors (Lipinski definition) is 7. The first-order valence-corrected chi connectivity index (χ1v) is 11.7. The normalized spacial score (nSPS) is 21.9. The molecular formula is C25H35N3O6. The molecule has 0 radical (unpaired) electrons. The van der Waals surface area contributed by atoms with E-state index in [0.717, 1.165) is 12.8 Å². The molecule has 186 valence electrons. The number of pyridine rings is 1. The zero-order chi connectivity index (χ0) is 24.7. The first kappa shape index (κ1) is 25.9. The van der Waals surface area contributed by atoms with Crippen LogP contribution in [0.5, 0.6) is 5.88 Å². The lowest BCUT2D eigenvalue weighted by Gasteiger charge is -2.38. The van der Waals surface area contributed by atoms with Crippen molar-refractivity contribution in [1.29, 1.82) is 0 Å². The number of carbonyl (C=O) groups is 2. The van der Waals surface area contributed by atoms with Crippen LogP contribution in [0, 0.1) is 23.7 Å². The fraction of sp³-hybridized carbons (Fsp3) is 0.640. The minimum absolute atomic E-state index is 0.0475. The number of fused-ring (bicyclic) bond motifs is 1. The summed E-state index contributed by atoms with van der Waals surface area (Å²) in [7, 11) is 3.35. The highest BCUT2D eigenvalue weighted by molar-refractivity contribution is 5.97. The monoisotopic (exact) mass is 473 g/mol. The molecule has 1 aromatic rings. The van der Waals surface area contributed by atoms with Crippen LogP contribution in [0.25, 0.3) is 0 Å². The number of ether oxygens (including phenoxy) is 3. The molecule has 1 fully saturated rings. The molecule has 9 nitrogen and oxygen atoms in total. The van der Waals surface area contributed by atoms with Crippen LogP contribution in [0.15, 0.2) is 12.3 Å². The van der Waals surface area contributed by atoms with E-state index in [4.69, 9.17) is 14.2 Å². The van der Waals surface area contributed by atoms with E-state index in [2.05, 4.69) is 16.8 Å². The molecule has 3 rings (SSSR count). The lowest BCUT2D eigenvalue weighted by molar-refractivity contribution is -0.138. The summed E-state index contributed by atoms with van der Waals surface area (Å²) in [5, 5.41) is 9.79. The van der Waals surface area contributed by atoms with E-state index >= 15 is 0 Å². The van der Waals surface area contributed by atoms with Gasteiger partial charge >= 0.3 is 0 Å². The van der Waals surface area contributed by atoms with E-state index < -0.39 is 0 Å². The first-order chi connectivity index (χ1) is 16.3. The average molecular weight is 474 g/mol. The van der Waals surface area contributed by atoms with Crippen molar-refractivity contribution in [3.8, 4) is 17.7 Å². The molecule has 3 heterocycles. The van der Waals surface area contributed by atoms with Crippen molar-refractivity contribution in [1.82, 2.24) is 14.8 Å². The van der Waals surface area contributed by atoms with Crippen LogP contribution in [-0.4, -0.2) is 97.5 Å². The van der Waals surface area contributed by atoms with Crippen LogP contribution in [-0.2, 0) is 14.3 Å². The summed E-state index contributed by atoms with van der Waals surface area (Å²) in [6.07, 6.45) is 2.62. The topological polar surface area (TPSA) is 101 Å².